The van der Waals surface area contributed by atoms with Crippen molar-refractivity contribution in [1.82, 2.24) is 9.97 Å². The maximum absolute atomic E-state index is 14.2. The average Bonchev–Trinajstić information content (AvgIpc) is 3.79. The van der Waals surface area contributed by atoms with Gasteiger partial charge < -0.3 is 9.47 Å². The van der Waals surface area contributed by atoms with E-state index < -0.39 is 0 Å². The Kier molecular flexibility index (Phi) is 9.12. The summed E-state index contributed by atoms with van der Waals surface area (Å²) in [6.07, 6.45) is 13.5. The molecule has 0 unspecified atom stereocenters. The van der Waals surface area contributed by atoms with E-state index in [4.69, 9.17) is 14.5 Å². The van der Waals surface area contributed by atoms with Crippen molar-refractivity contribution < 1.29 is 19.1 Å². The van der Waals surface area contributed by atoms with Crippen molar-refractivity contribution in [2.45, 2.75) is 83.0 Å². The lowest BCUT2D eigenvalue weighted by atomic mass is 9.78. The number of anilines is 1. The third-order valence-electron chi connectivity index (χ3n) is 9.81. The second kappa shape index (κ2) is 13.2. The van der Waals surface area contributed by atoms with Crippen LogP contribution in [0.4, 0.5) is 5.82 Å². The molecule has 228 valence electrons. The number of pyridine rings is 1. The molecule has 6 rings (SSSR count). The van der Waals surface area contributed by atoms with E-state index >= 15 is 0 Å². The summed E-state index contributed by atoms with van der Waals surface area (Å²) in [6.45, 7) is 2.78. The van der Waals surface area contributed by atoms with E-state index in [1.807, 2.05) is 23.4 Å². The first-order valence-corrected chi connectivity index (χ1v) is 16.7. The number of benzene rings is 1. The molecule has 0 saturated heterocycles. The van der Waals surface area contributed by atoms with Crippen molar-refractivity contribution >= 4 is 29.0 Å². The van der Waals surface area contributed by atoms with E-state index in [1.165, 1.54) is 36.1 Å². The van der Waals surface area contributed by atoms with Gasteiger partial charge in [-0.1, -0.05) is 12.1 Å². The number of hydrogen-bond acceptors (Lipinski definition) is 7. The Morgan fingerprint density at radius 2 is 1.60 bits per heavy atom. The molecule has 8 heteroatoms. The fourth-order valence-corrected chi connectivity index (χ4v) is 8.09. The van der Waals surface area contributed by atoms with Crippen LogP contribution in [-0.4, -0.2) is 42.6 Å². The highest BCUT2D eigenvalue weighted by Gasteiger charge is 2.35. The number of thiazole rings is 1. The van der Waals surface area contributed by atoms with E-state index in [-0.39, 0.29) is 23.7 Å². The second-order valence-electron chi connectivity index (χ2n) is 12.7. The molecule has 1 aromatic carbocycles. The van der Waals surface area contributed by atoms with E-state index in [1.54, 1.807) is 18.4 Å². The van der Waals surface area contributed by atoms with Crippen molar-refractivity contribution in [3.8, 4) is 16.2 Å². The Morgan fingerprint density at radius 1 is 0.884 bits per heavy atom. The van der Waals surface area contributed by atoms with E-state index in [9.17, 15) is 9.59 Å². The largest absolute Gasteiger partial charge is 0.496 e. The Hall–Kier alpha value is -3.26. The lowest BCUT2D eigenvalue weighted by molar-refractivity contribution is -0.147. The van der Waals surface area contributed by atoms with Gasteiger partial charge in [0.1, 0.15) is 11.6 Å². The Morgan fingerprint density at radius 3 is 2.28 bits per heavy atom. The van der Waals surface area contributed by atoms with Crippen LogP contribution in [0.15, 0.2) is 42.7 Å². The van der Waals surface area contributed by atoms with Crippen LogP contribution in [0.1, 0.15) is 92.2 Å². The summed E-state index contributed by atoms with van der Waals surface area (Å²) in [6, 6.07) is 10.7. The van der Waals surface area contributed by atoms with Gasteiger partial charge in [-0.15, -0.1) is 11.3 Å². The topological polar surface area (TPSA) is 81.6 Å². The number of rotatable bonds is 9. The SMILES string of the molecule is COC(=O)C1CCC(C(=O)N(CC2CCC(c3ccc(OC)c(C)c3)CC2)c2cc(-c3cnc(C4CC4)s3)ccn2)CC1. The lowest BCUT2D eigenvalue weighted by Gasteiger charge is -2.35. The number of carbonyl (C=O) groups is 2. The summed E-state index contributed by atoms with van der Waals surface area (Å²) in [7, 11) is 3.17. The van der Waals surface area contributed by atoms with Gasteiger partial charge in [-0.05, 0) is 118 Å². The molecule has 3 saturated carbocycles. The molecule has 0 atom stereocenters. The normalized spacial score (nSPS) is 23.9. The van der Waals surface area contributed by atoms with Crippen LogP contribution in [0, 0.1) is 24.7 Å². The molecule has 0 aliphatic heterocycles. The first kappa shape index (κ1) is 29.8. The zero-order chi connectivity index (χ0) is 29.9. The van der Waals surface area contributed by atoms with Gasteiger partial charge in [-0.3, -0.25) is 14.5 Å². The van der Waals surface area contributed by atoms with Crippen LogP contribution in [0.3, 0.4) is 0 Å². The molecule has 3 aromatic rings. The van der Waals surface area contributed by atoms with Gasteiger partial charge in [0.15, 0.2) is 0 Å². The minimum atomic E-state index is -0.156. The van der Waals surface area contributed by atoms with Gasteiger partial charge in [0, 0.05) is 30.8 Å². The third-order valence-corrected chi connectivity index (χ3v) is 11.0. The van der Waals surface area contributed by atoms with E-state index in [2.05, 4.69) is 36.2 Å². The monoisotopic (exact) mass is 601 g/mol. The number of esters is 1. The average molecular weight is 602 g/mol. The van der Waals surface area contributed by atoms with Gasteiger partial charge in [-0.2, -0.15) is 0 Å². The summed E-state index contributed by atoms with van der Waals surface area (Å²) in [4.78, 5) is 38.9. The number of amides is 1. The summed E-state index contributed by atoms with van der Waals surface area (Å²) < 4.78 is 10.4. The van der Waals surface area contributed by atoms with Gasteiger partial charge in [0.25, 0.3) is 0 Å². The molecule has 0 bridgehead atoms. The quantitative estimate of drug-likeness (QED) is 0.234. The third kappa shape index (κ3) is 6.79. The minimum Gasteiger partial charge on any atom is -0.496 e. The number of methoxy groups -OCH3 is 2. The highest BCUT2D eigenvalue weighted by Crippen LogP contribution is 2.44. The molecule has 3 aliphatic carbocycles. The smallest absolute Gasteiger partial charge is 0.308 e. The summed E-state index contributed by atoms with van der Waals surface area (Å²) >= 11 is 1.76. The fraction of sp³-hybridized carbons (Fsp3) is 0.543. The highest BCUT2D eigenvalue weighted by atomic mass is 32.1. The summed E-state index contributed by atoms with van der Waals surface area (Å²) in [5.41, 5.74) is 3.63. The van der Waals surface area contributed by atoms with Crippen molar-refractivity contribution in [2.24, 2.45) is 17.8 Å². The van der Waals surface area contributed by atoms with Crippen LogP contribution >= 0.6 is 11.3 Å². The molecule has 2 heterocycles. The zero-order valence-corrected chi connectivity index (χ0v) is 26.4. The van der Waals surface area contributed by atoms with Crippen molar-refractivity contribution in [3.05, 3.63) is 58.9 Å². The van der Waals surface area contributed by atoms with Crippen molar-refractivity contribution in [3.63, 3.8) is 0 Å². The van der Waals surface area contributed by atoms with Crippen LogP contribution in [0.25, 0.3) is 10.4 Å². The van der Waals surface area contributed by atoms with Gasteiger partial charge in [-0.25, -0.2) is 9.97 Å². The van der Waals surface area contributed by atoms with Crippen LogP contribution < -0.4 is 9.64 Å². The molecule has 3 fully saturated rings. The van der Waals surface area contributed by atoms with Crippen LogP contribution in [0.2, 0.25) is 0 Å². The molecular weight excluding hydrogens is 558 g/mol. The maximum Gasteiger partial charge on any atom is 0.308 e. The van der Waals surface area contributed by atoms with Gasteiger partial charge >= 0.3 is 5.97 Å². The minimum absolute atomic E-state index is 0.102. The second-order valence-corrected chi connectivity index (χ2v) is 13.8. The molecule has 1 amide bonds. The van der Waals surface area contributed by atoms with Crippen LogP contribution in [0.5, 0.6) is 5.75 Å². The van der Waals surface area contributed by atoms with Gasteiger partial charge in [0.2, 0.25) is 5.91 Å². The summed E-state index contributed by atoms with van der Waals surface area (Å²) in [5, 5.41) is 1.22. The Bertz CT molecular complexity index is 1430. The number of carbonyl (C=O) groups excluding carboxylic acids is 2. The molecule has 0 radical (unpaired) electrons. The summed E-state index contributed by atoms with van der Waals surface area (Å²) in [5.74, 6) is 3.02. The zero-order valence-electron chi connectivity index (χ0n) is 25.6. The number of aryl methyl sites for hydroxylation is 1. The molecule has 43 heavy (non-hydrogen) atoms. The number of nitrogens with zero attached hydrogens (tertiary/aromatic N) is 3. The first-order valence-electron chi connectivity index (χ1n) is 15.9. The predicted molar refractivity (Wildman–Crippen MR) is 170 cm³/mol. The van der Waals surface area contributed by atoms with E-state index in [0.29, 0.717) is 50.0 Å². The molecule has 2 aromatic heterocycles. The molecule has 0 spiro atoms. The lowest BCUT2D eigenvalue weighted by Crippen LogP contribution is -2.42. The predicted octanol–water partition coefficient (Wildman–Crippen LogP) is 7.69. The number of ether oxygens (including phenoxy) is 2. The number of hydrogen-bond donors (Lipinski definition) is 0. The highest BCUT2D eigenvalue weighted by molar-refractivity contribution is 7.15. The first-order chi connectivity index (χ1) is 20.9. The van der Waals surface area contributed by atoms with E-state index in [0.717, 1.165) is 47.7 Å². The van der Waals surface area contributed by atoms with Crippen molar-refractivity contribution in [1.29, 1.82) is 0 Å². The Labute approximate surface area is 259 Å². The number of aromatic nitrogens is 2. The Balaban J connectivity index is 1.19. The van der Waals surface area contributed by atoms with Crippen molar-refractivity contribution in [2.75, 3.05) is 25.7 Å². The van der Waals surface area contributed by atoms with Crippen LogP contribution in [-0.2, 0) is 14.3 Å². The molecule has 3 aliphatic rings. The molecule has 7 nitrogen and oxygen atoms in total. The fourth-order valence-electron chi connectivity index (χ4n) is 7.01. The standard InChI is InChI=1S/C35H43N3O4S/c1-22-18-28(14-15-30(22)41-2)24-6-4-23(5-7-24)21-38(34(39)26-10-12-27(13-11-26)35(40)42-3)32-19-29(16-17-36-32)31-20-37-33(43-31)25-8-9-25/h14-20,23-27H,4-13,21H2,1-3H3. The maximum atomic E-state index is 14.2. The molecule has 0 N–H and O–H groups in total. The molecular formula is C35H43N3O4S. The van der Waals surface area contributed by atoms with Gasteiger partial charge in [0.05, 0.1) is 30.0 Å².